The first-order chi connectivity index (χ1) is 9.65. The summed E-state index contributed by atoms with van der Waals surface area (Å²) >= 11 is 0. The second kappa shape index (κ2) is 6.52. The number of hydrogen-bond acceptors (Lipinski definition) is 3. The Labute approximate surface area is 117 Å². The fourth-order valence-corrected chi connectivity index (χ4v) is 1.69. The van der Waals surface area contributed by atoms with E-state index in [0.29, 0.717) is 18.1 Å². The summed E-state index contributed by atoms with van der Waals surface area (Å²) in [5.74, 6) is -0.445. The summed E-state index contributed by atoms with van der Waals surface area (Å²) in [6, 6.07) is 13.4. The molecule has 1 heterocycles. The molecule has 1 N–H and O–H groups in total. The molecule has 0 unspecified atom stereocenters. The lowest BCUT2D eigenvalue weighted by molar-refractivity contribution is -0.131. The first-order valence-corrected chi connectivity index (χ1v) is 6.20. The number of carboxylic acid groups (broad SMARTS) is 1. The van der Waals surface area contributed by atoms with Gasteiger partial charge in [0.15, 0.2) is 0 Å². The molecule has 102 valence electrons. The van der Waals surface area contributed by atoms with E-state index in [1.54, 1.807) is 6.07 Å². The molecule has 0 spiro atoms. The highest BCUT2D eigenvalue weighted by molar-refractivity contribution is 5.85. The Morgan fingerprint density at radius 3 is 2.70 bits per heavy atom. The minimum absolute atomic E-state index is 0.416. The number of rotatable bonds is 5. The summed E-state index contributed by atoms with van der Waals surface area (Å²) in [5.41, 5.74) is 2.37. The van der Waals surface area contributed by atoms with Crippen LogP contribution in [0.25, 0.3) is 6.08 Å². The summed E-state index contributed by atoms with van der Waals surface area (Å²) in [6.07, 6.45) is 2.49. The maximum absolute atomic E-state index is 10.6. The van der Waals surface area contributed by atoms with Gasteiger partial charge in [-0.1, -0.05) is 30.3 Å². The molecule has 0 radical (unpaired) electrons. The number of carboxylic acids is 1. The quantitative estimate of drug-likeness (QED) is 0.847. The standard InChI is InChI=1S/C16H15NO3/c1-12-7-9-15(14(17-12)8-10-16(18)19)20-11-13-5-3-2-4-6-13/h2-10H,11H2,1H3,(H,18,19). The highest BCUT2D eigenvalue weighted by Gasteiger charge is 2.04. The van der Waals surface area contributed by atoms with Gasteiger partial charge in [-0.3, -0.25) is 0 Å². The summed E-state index contributed by atoms with van der Waals surface area (Å²) in [6.45, 7) is 2.26. The van der Waals surface area contributed by atoms with Crippen LogP contribution in [0.4, 0.5) is 0 Å². The lowest BCUT2D eigenvalue weighted by Gasteiger charge is -2.09. The Kier molecular flexibility index (Phi) is 4.50. The molecule has 0 saturated heterocycles. The van der Waals surface area contributed by atoms with Crippen molar-refractivity contribution in [2.24, 2.45) is 0 Å². The van der Waals surface area contributed by atoms with Crippen LogP contribution < -0.4 is 4.74 Å². The molecule has 4 heteroatoms. The molecule has 20 heavy (non-hydrogen) atoms. The average molecular weight is 269 g/mol. The summed E-state index contributed by atoms with van der Waals surface area (Å²) in [7, 11) is 0. The van der Waals surface area contributed by atoms with Crippen molar-refractivity contribution in [3.05, 3.63) is 65.5 Å². The Morgan fingerprint density at radius 2 is 2.00 bits per heavy atom. The molecule has 0 aliphatic rings. The molecule has 0 saturated carbocycles. The Morgan fingerprint density at radius 1 is 1.25 bits per heavy atom. The number of aromatic nitrogens is 1. The Balaban J connectivity index is 2.16. The third-order valence-corrected chi connectivity index (χ3v) is 2.65. The normalized spacial score (nSPS) is 10.7. The van der Waals surface area contributed by atoms with Gasteiger partial charge >= 0.3 is 5.97 Å². The van der Waals surface area contributed by atoms with Crippen LogP contribution in [0.1, 0.15) is 17.0 Å². The van der Waals surface area contributed by atoms with Crippen LogP contribution in [-0.2, 0) is 11.4 Å². The van der Waals surface area contributed by atoms with Crippen molar-refractivity contribution in [3.8, 4) is 5.75 Å². The van der Waals surface area contributed by atoms with Gasteiger partial charge in [-0.25, -0.2) is 9.78 Å². The van der Waals surface area contributed by atoms with Crippen molar-refractivity contribution in [2.75, 3.05) is 0 Å². The SMILES string of the molecule is Cc1ccc(OCc2ccccc2)c(C=CC(=O)O)n1. The van der Waals surface area contributed by atoms with E-state index >= 15 is 0 Å². The molecule has 4 nitrogen and oxygen atoms in total. The van der Waals surface area contributed by atoms with Crippen LogP contribution in [-0.4, -0.2) is 16.1 Å². The van der Waals surface area contributed by atoms with Crippen LogP contribution in [0.2, 0.25) is 0 Å². The molecule has 0 aliphatic heterocycles. The number of aliphatic carboxylic acids is 1. The lowest BCUT2D eigenvalue weighted by Crippen LogP contribution is -1.99. The number of aryl methyl sites for hydroxylation is 1. The zero-order chi connectivity index (χ0) is 14.4. The van der Waals surface area contributed by atoms with Crippen LogP contribution in [0.3, 0.4) is 0 Å². The molecule has 0 atom stereocenters. The van der Waals surface area contributed by atoms with Crippen molar-refractivity contribution in [2.45, 2.75) is 13.5 Å². The second-order valence-electron chi connectivity index (χ2n) is 4.28. The number of carbonyl (C=O) groups is 1. The molecule has 2 rings (SSSR count). The van der Waals surface area contributed by atoms with E-state index in [1.165, 1.54) is 6.08 Å². The van der Waals surface area contributed by atoms with Crippen molar-refractivity contribution in [3.63, 3.8) is 0 Å². The maximum atomic E-state index is 10.6. The molecule has 0 bridgehead atoms. The molecule has 1 aromatic heterocycles. The van der Waals surface area contributed by atoms with Gasteiger partial charge in [0.05, 0.1) is 0 Å². The van der Waals surface area contributed by atoms with Crippen LogP contribution in [0, 0.1) is 6.92 Å². The fourth-order valence-electron chi connectivity index (χ4n) is 1.69. The Bertz CT molecular complexity index is 621. The van der Waals surface area contributed by atoms with E-state index in [-0.39, 0.29) is 0 Å². The predicted octanol–water partition coefficient (Wildman–Crippen LogP) is 3.07. The van der Waals surface area contributed by atoms with Gasteiger partial charge in [0.1, 0.15) is 18.1 Å². The minimum atomic E-state index is -1.01. The number of nitrogens with zero attached hydrogens (tertiary/aromatic N) is 1. The smallest absolute Gasteiger partial charge is 0.328 e. The van der Waals surface area contributed by atoms with Crippen molar-refractivity contribution >= 4 is 12.0 Å². The van der Waals surface area contributed by atoms with Crippen LogP contribution >= 0.6 is 0 Å². The molecular formula is C16H15NO3. The molecule has 0 amide bonds. The average Bonchev–Trinajstić information content (AvgIpc) is 2.45. The van der Waals surface area contributed by atoms with Crippen molar-refractivity contribution in [1.29, 1.82) is 0 Å². The van der Waals surface area contributed by atoms with Gasteiger partial charge in [-0.05, 0) is 30.7 Å². The topological polar surface area (TPSA) is 59.4 Å². The molecule has 0 aliphatic carbocycles. The number of pyridine rings is 1. The van der Waals surface area contributed by atoms with Gasteiger partial charge in [-0.15, -0.1) is 0 Å². The molecule has 1 aromatic carbocycles. The number of hydrogen-bond donors (Lipinski definition) is 1. The highest BCUT2D eigenvalue weighted by atomic mass is 16.5. The van der Waals surface area contributed by atoms with Gasteiger partial charge < -0.3 is 9.84 Å². The first-order valence-electron chi connectivity index (χ1n) is 6.20. The second-order valence-corrected chi connectivity index (χ2v) is 4.28. The van der Waals surface area contributed by atoms with Gasteiger partial charge in [0.25, 0.3) is 0 Å². The van der Waals surface area contributed by atoms with Gasteiger partial charge in [-0.2, -0.15) is 0 Å². The largest absolute Gasteiger partial charge is 0.487 e. The maximum Gasteiger partial charge on any atom is 0.328 e. The highest BCUT2D eigenvalue weighted by Crippen LogP contribution is 2.19. The van der Waals surface area contributed by atoms with Crippen LogP contribution in [0.5, 0.6) is 5.75 Å². The van der Waals surface area contributed by atoms with E-state index < -0.39 is 5.97 Å². The van der Waals surface area contributed by atoms with E-state index in [1.807, 2.05) is 43.3 Å². The third-order valence-electron chi connectivity index (χ3n) is 2.65. The van der Waals surface area contributed by atoms with Gasteiger partial charge in [0, 0.05) is 11.8 Å². The van der Waals surface area contributed by atoms with E-state index in [9.17, 15) is 4.79 Å². The summed E-state index contributed by atoms with van der Waals surface area (Å²) in [5, 5.41) is 8.69. The van der Waals surface area contributed by atoms with Crippen molar-refractivity contribution in [1.82, 2.24) is 4.98 Å². The monoisotopic (exact) mass is 269 g/mol. The first kappa shape index (κ1) is 13.8. The van der Waals surface area contributed by atoms with E-state index in [0.717, 1.165) is 17.3 Å². The number of ether oxygens (including phenoxy) is 1. The minimum Gasteiger partial charge on any atom is -0.487 e. The van der Waals surface area contributed by atoms with E-state index in [2.05, 4.69) is 4.98 Å². The zero-order valence-electron chi connectivity index (χ0n) is 11.1. The summed E-state index contributed by atoms with van der Waals surface area (Å²) < 4.78 is 5.70. The molecular weight excluding hydrogens is 254 g/mol. The summed E-state index contributed by atoms with van der Waals surface area (Å²) in [4.78, 5) is 14.9. The van der Waals surface area contributed by atoms with Gasteiger partial charge in [0.2, 0.25) is 0 Å². The van der Waals surface area contributed by atoms with E-state index in [4.69, 9.17) is 9.84 Å². The lowest BCUT2D eigenvalue weighted by atomic mass is 10.2. The molecule has 0 fully saturated rings. The van der Waals surface area contributed by atoms with Crippen molar-refractivity contribution < 1.29 is 14.6 Å². The number of benzene rings is 1. The zero-order valence-corrected chi connectivity index (χ0v) is 11.1. The third kappa shape index (κ3) is 3.95. The molecule has 2 aromatic rings. The predicted molar refractivity (Wildman–Crippen MR) is 76.4 cm³/mol. The Hall–Kier alpha value is -2.62. The fraction of sp³-hybridized carbons (Fsp3) is 0.125. The van der Waals surface area contributed by atoms with Crippen LogP contribution in [0.15, 0.2) is 48.5 Å².